The molecule has 0 saturated carbocycles. The Hall–Kier alpha value is -4.94. The van der Waals surface area contributed by atoms with Crippen LogP contribution >= 0.6 is 0 Å². The number of nitro groups is 2. The molecule has 12 nitrogen and oxygen atoms in total. The van der Waals surface area contributed by atoms with Gasteiger partial charge in [0.2, 0.25) is 0 Å². The third-order valence-corrected chi connectivity index (χ3v) is 5.91. The van der Waals surface area contributed by atoms with Crippen LogP contribution in [0.25, 0.3) is 11.8 Å². The van der Waals surface area contributed by atoms with Crippen LogP contribution in [0.4, 0.5) is 17.1 Å². The molecule has 206 valence electrons. The lowest BCUT2D eigenvalue weighted by atomic mass is 10.0. The van der Waals surface area contributed by atoms with Gasteiger partial charge in [-0.3, -0.25) is 20.2 Å². The van der Waals surface area contributed by atoms with Gasteiger partial charge in [0.25, 0.3) is 5.69 Å². The van der Waals surface area contributed by atoms with Gasteiger partial charge in [-0.2, -0.15) is 5.11 Å². The summed E-state index contributed by atoms with van der Waals surface area (Å²) >= 11 is 0. The minimum absolute atomic E-state index is 0.0948. The van der Waals surface area contributed by atoms with Gasteiger partial charge in [-0.15, -0.1) is 5.11 Å². The maximum atomic E-state index is 11.4. The van der Waals surface area contributed by atoms with Crippen molar-refractivity contribution in [2.24, 2.45) is 10.2 Å². The monoisotopic (exact) mass is 544 g/mol. The number of aryl methyl sites for hydroxylation is 1. The molecule has 0 amide bonds. The van der Waals surface area contributed by atoms with E-state index in [2.05, 4.69) is 20.2 Å². The number of aromatic amines is 2. The predicted molar refractivity (Wildman–Crippen MR) is 148 cm³/mol. The lowest BCUT2D eigenvalue weighted by molar-refractivity contribution is -0.393. The molecule has 0 unspecified atom stereocenters. The molecule has 0 aliphatic carbocycles. The van der Waals surface area contributed by atoms with Crippen LogP contribution in [-0.4, -0.2) is 33.0 Å². The first-order valence-corrected chi connectivity index (χ1v) is 12.5. The van der Waals surface area contributed by atoms with E-state index in [9.17, 15) is 20.2 Å². The summed E-state index contributed by atoms with van der Waals surface area (Å²) < 4.78 is 11.5. The quantitative estimate of drug-likeness (QED) is 0.113. The Bertz CT molecular complexity index is 1650. The van der Waals surface area contributed by atoms with E-state index in [4.69, 9.17) is 9.47 Å². The minimum Gasteiger partial charge on any atom is -0.354 e. The number of nitrogens with one attached hydrogen (secondary N) is 2. The van der Waals surface area contributed by atoms with Crippen molar-refractivity contribution in [3.05, 3.63) is 120 Å². The topological polar surface area (TPSA) is 161 Å². The van der Waals surface area contributed by atoms with Crippen molar-refractivity contribution in [3.63, 3.8) is 0 Å². The smallest absolute Gasteiger partial charge is 0.303 e. The standard InChI is InChI=1S/C28H28N6O6/c1-4-39-28(40-5-2)25-15-14-24(31-25)27(19-8-6-18(3)7-9-19)23-12-10-20(30-23)17-29-32-22-13-11-21(33(35)36)16-26(22)34(37)38/h6-17,28,30-31H,4-5H2,1-3H3/b20-17-,27-23+,32-29?. The van der Waals surface area contributed by atoms with E-state index in [0.717, 1.165) is 45.6 Å². The second-order valence-corrected chi connectivity index (χ2v) is 8.67. The minimum atomic E-state index is -0.733. The fourth-order valence-corrected chi connectivity index (χ4v) is 4.04. The summed E-state index contributed by atoms with van der Waals surface area (Å²) in [6, 6.07) is 18.9. The fourth-order valence-electron chi connectivity index (χ4n) is 4.04. The highest BCUT2D eigenvalue weighted by Gasteiger charge is 2.19. The number of non-ortho nitro benzene ring substituents is 1. The number of azo groups is 1. The zero-order valence-corrected chi connectivity index (χ0v) is 22.2. The van der Waals surface area contributed by atoms with E-state index in [-0.39, 0.29) is 5.69 Å². The number of benzene rings is 2. The second-order valence-electron chi connectivity index (χ2n) is 8.67. The van der Waals surface area contributed by atoms with Gasteiger partial charge in [-0.05, 0) is 56.7 Å². The summed E-state index contributed by atoms with van der Waals surface area (Å²) in [6.07, 6.45) is 0.904. The number of ether oxygens (including phenoxy) is 2. The third kappa shape index (κ3) is 6.54. The van der Waals surface area contributed by atoms with Crippen molar-refractivity contribution in [2.45, 2.75) is 27.1 Å². The van der Waals surface area contributed by atoms with Crippen LogP contribution in [0.5, 0.6) is 0 Å². The van der Waals surface area contributed by atoms with Gasteiger partial charge in [-0.25, -0.2) is 0 Å². The van der Waals surface area contributed by atoms with Gasteiger partial charge in [0.15, 0.2) is 12.0 Å². The Labute approximate surface area is 229 Å². The number of hydrogen-bond donors (Lipinski definition) is 2. The molecule has 0 saturated heterocycles. The average Bonchev–Trinajstić information content (AvgIpc) is 3.60. The van der Waals surface area contributed by atoms with Crippen LogP contribution in [0.3, 0.4) is 0 Å². The number of rotatable bonds is 11. The lowest BCUT2D eigenvalue weighted by Crippen LogP contribution is -2.14. The van der Waals surface area contributed by atoms with Crippen LogP contribution in [0.1, 0.15) is 42.7 Å². The molecule has 0 atom stereocenters. The first-order chi connectivity index (χ1) is 19.3. The van der Waals surface area contributed by atoms with Crippen LogP contribution in [0, 0.1) is 27.2 Å². The van der Waals surface area contributed by atoms with Crippen LogP contribution in [0.15, 0.2) is 77.0 Å². The number of nitrogens with zero attached hydrogens (tertiary/aromatic N) is 4. The van der Waals surface area contributed by atoms with Crippen molar-refractivity contribution in [3.8, 4) is 0 Å². The number of aromatic nitrogens is 2. The molecule has 0 aliphatic heterocycles. The number of H-pyrrole nitrogens is 2. The third-order valence-electron chi connectivity index (χ3n) is 5.91. The SMILES string of the molecule is CCOC(OCC)c1ccc(/C(c2ccc(C)cc2)=c2\cc/c(=C/N=Nc3ccc([N+](=O)[O-])cc3[N+](=O)[O-])[nH]2)[nH]1. The van der Waals surface area contributed by atoms with Gasteiger partial charge < -0.3 is 19.4 Å². The Morgan fingerprint density at radius 1 is 0.925 bits per heavy atom. The highest BCUT2D eigenvalue weighted by Crippen LogP contribution is 2.31. The molecular weight excluding hydrogens is 516 g/mol. The molecule has 2 N–H and O–H groups in total. The van der Waals surface area contributed by atoms with E-state index < -0.39 is 27.5 Å². The number of hydrogen-bond acceptors (Lipinski definition) is 8. The molecule has 2 heterocycles. The normalized spacial score (nSPS) is 12.8. The van der Waals surface area contributed by atoms with E-state index in [0.29, 0.717) is 18.6 Å². The highest BCUT2D eigenvalue weighted by atomic mass is 16.7. The maximum absolute atomic E-state index is 11.4. The maximum Gasteiger partial charge on any atom is 0.303 e. The summed E-state index contributed by atoms with van der Waals surface area (Å²) in [6.45, 7) is 6.84. The Morgan fingerprint density at radius 3 is 2.30 bits per heavy atom. The Morgan fingerprint density at radius 2 is 1.65 bits per heavy atom. The first kappa shape index (κ1) is 28.1. The molecule has 0 radical (unpaired) electrons. The molecule has 40 heavy (non-hydrogen) atoms. The molecule has 4 aromatic rings. The van der Waals surface area contributed by atoms with Gasteiger partial charge in [0.1, 0.15) is 0 Å². The second kappa shape index (κ2) is 12.7. The molecule has 12 heteroatoms. The summed E-state index contributed by atoms with van der Waals surface area (Å²) in [4.78, 5) is 27.6. The van der Waals surface area contributed by atoms with E-state index in [1.807, 2.05) is 63.2 Å². The lowest BCUT2D eigenvalue weighted by Gasteiger charge is -2.15. The van der Waals surface area contributed by atoms with E-state index in [1.54, 1.807) is 6.07 Å². The average molecular weight is 545 g/mol. The van der Waals surface area contributed by atoms with Crippen molar-refractivity contribution < 1.29 is 19.3 Å². The number of nitro benzene ring substituents is 2. The Balaban J connectivity index is 1.75. The first-order valence-electron chi connectivity index (χ1n) is 12.5. The fraction of sp³-hybridized carbons (Fsp3) is 0.214. The van der Waals surface area contributed by atoms with Crippen molar-refractivity contribution in [1.82, 2.24) is 9.97 Å². The van der Waals surface area contributed by atoms with E-state index in [1.165, 1.54) is 12.3 Å². The highest BCUT2D eigenvalue weighted by molar-refractivity contribution is 5.77. The predicted octanol–water partition coefficient (Wildman–Crippen LogP) is 5.31. The molecule has 0 fully saturated rings. The van der Waals surface area contributed by atoms with Crippen LogP contribution in [-0.2, 0) is 9.47 Å². The molecule has 2 aromatic carbocycles. The molecule has 0 bridgehead atoms. The summed E-state index contributed by atoms with van der Waals surface area (Å²) in [5, 5.41) is 31.6. The summed E-state index contributed by atoms with van der Waals surface area (Å²) in [5.74, 6) is 0. The molecular formula is C28H28N6O6. The van der Waals surface area contributed by atoms with Gasteiger partial charge >= 0.3 is 5.69 Å². The zero-order valence-electron chi connectivity index (χ0n) is 22.2. The van der Waals surface area contributed by atoms with Gasteiger partial charge in [0.05, 0.1) is 33.2 Å². The van der Waals surface area contributed by atoms with Crippen molar-refractivity contribution in [2.75, 3.05) is 13.2 Å². The zero-order chi connectivity index (χ0) is 28.6. The van der Waals surface area contributed by atoms with Gasteiger partial charge in [0, 0.05) is 35.9 Å². The van der Waals surface area contributed by atoms with Crippen molar-refractivity contribution in [1.29, 1.82) is 0 Å². The summed E-state index contributed by atoms with van der Waals surface area (Å²) in [7, 11) is 0. The molecule has 2 aromatic heterocycles. The molecule has 0 spiro atoms. The van der Waals surface area contributed by atoms with Crippen LogP contribution in [0.2, 0.25) is 0 Å². The summed E-state index contributed by atoms with van der Waals surface area (Å²) in [5.41, 5.74) is 3.64. The van der Waals surface area contributed by atoms with E-state index >= 15 is 0 Å². The largest absolute Gasteiger partial charge is 0.354 e. The van der Waals surface area contributed by atoms with Crippen LogP contribution < -0.4 is 10.7 Å². The molecule has 0 aliphatic rings. The Kier molecular flexibility index (Phi) is 8.94. The molecule has 4 rings (SSSR count). The van der Waals surface area contributed by atoms with Crippen molar-refractivity contribution >= 4 is 28.8 Å². The van der Waals surface area contributed by atoms with Gasteiger partial charge in [-0.1, -0.05) is 29.8 Å².